The Morgan fingerprint density at radius 1 is 1.00 bits per heavy atom. The summed E-state index contributed by atoms with van der Waals surface area (Å²) in [5.74, 6) is 0.326. The van der Waals surface area contributed by atoms with Crippen LogP contribution >= 0.6 is 0 Å². The second-order valence-corrected chi connectivity index (χ2v) is 7.78. The molecular weight excluding hydrogens is 369 g/mol. The number of methoxy groups -OCH3 is 1. The number of ether oxygens (including phenoxy) is 1. The molecule has 0 aliphatic carbocycles. The molecule has 0 unspecified atom stereocenters. The van der Waals surface area contributed by atoms with Crippen LogP contribution in [0.1, 0.15) is 58.9 Å². The van der Waals surface area contributed by atoms with E-state index >= 15 is 0 Å². The van der Waals surface area contributed by atoms with Gasteiger partial charge in [0, 0.05) is 23.1 Å². The molecule has 1 aliphatic heterocycles. The van der Waals surface area contributed by atoms with Crippen molar-refractivity contribution in [1.29, 1.82) is 0 Å². The number of hydrogen-bond acceptors (Lipinski definition) is 3. The molecule has 2 aromatic rings. The lowest BCUT2D eigenvalue weighted by Gasteiger charge is -2.27. The lowest BCUT2D eigenvalue weighted by atomic mass is 9.94. The Morgan fingerprint density at radius 3 is 2.21 bits per heavy atom. The maximum absolute atomic E-state index is 13.4. The Labute approximate surface area is 171 Å². The topological polar surface area (TPSA) is 47.8 Å². The van der Waals surface area contributed by atoms with Crippen LogP contribution in [0.4, 0.5) is 4.39 Å². The van der Waals surface area contributed by atoms with Gasteiger partial charge in [-0.25, -0.2) is 4.39 Å². The molecule has 2 aromatic carbocycles. The van der Waals surface area contributed by atoms with Crippen LogP contribution in [0.5, 0.6) is 5.75 Å². The Bertz CT molecular complexity index is 855. The fraction of sp³-hybridized carbons (Fsp3) is 0.417. The molecule has 1 atom stereocenters. The van der Waals surface area contributed by atoms with Gasteiger partial charge in [-0.1, -0.05) is 0 Å². The van der Waals surface area contributed by atoms with Crippen molar-refractivity contribution in [3.05, 3.63) is 65.0 Å². The third-order valence-electron chi connectivity index (χ3n) is 5.79. The van der Waals surface area contributed by atoms with Crippen LogP contribution in [0.25, 0.3) is 0 Å². The Hall–Kier alpha value is -2.53. The van der Waals surface area contributed by atoms with E-state index < -0.39 is 0 Å². The number of rotatable bonds is 7. The third-order valence-corrected chi connectivity index (χ3v) is 5.79. The van der Waals surface area contributed by atoms with Crippen LogP contribution in [0.2, 0.25) is 0 Å². The molecule has 0 aromatic heterocycles. The quantitative estimate of drug-likeness (QED) is 0.728. The Morgan fingerprint density at radius 2 is 1.62 bits per heavy atom. The number of quaternary nitrogens is 1. The standard InChI is InChI=1S/C24H28FNO3/c1-17(27)19-9-12-23(29-2)20(15-19)16-22(26-13-5-3-4-6-14-26)24(28)18-7-10-21(25)11-8-18/h7-12,15,22H,3-6,13-14,16H2,1-2H3/p+1/t22-/m0/s1. The fourth-order valence-electron chi connectivity index (χ4n) is 4.15. The lowest BCUT2D eigenvalue weighted by Crippen LogP contribution is -3.17. The molecule has 154 valence electrons. The van der Waals surface area contributed by atoms with E-state index in [0.717, 1.165) is 31.5 Å². The van der Waals surface area contributed by atoms with Crippen molar-refractivity contribution in [1.82, 2.24) is 0 Å². The van der Waals surface area contributed by atoms with Gasteiger partial charge in [-0.2, -0.15) is 0 Å². The lowest BCUT2D eigenvalue weighted by molar-refractivity contribution is -0.914. The molecule has 1 N–H and O–H groups in total. The minimum absolute atomic E-state index is 0.0113. The molecule has 0 bridgehead atoms. The van der Waals surface area contributed by atoms with Crippen LogP contribution in [-0.4, -0.2) is 37.8 Å². The van der Waals surface area contributed by atoms with Gasteiger partial charge in [0.25, 0.3) is 0 Å². The van der Waals surface area contributed by atoms with Gasteiger partial charge in [-0.3, -0.25) is 9.59 Å². The summed E-state index contributed by atoms with van der Waals surface area (Å²) >= 11 is 0. The first-order valence-electron chi connectivity index (χ1n) is 10.3. The number of likely N-dealkylation sites (tertiary alicyclic amines) is 1. The number of carbonyl (C=O) groups excluding carboxylic acids is 2. The average molecular weight is 398 g/mol. The van der Waals surface area contributed by atoms with E-state index in [1.54, 1.807) is 31.4 Å². The van der Waals surface area contributed by atoms with Crippen molar-refractivity contribution in [2.24, 2.45) is 0 Å². The van der Waals surface area contributed by atoms with E-state index in [0.29, 0.717) is 23.3 Å². The summed E-state index contributed by atoms with van der Waals surface area (Å²) in [5, 5.41) is 0. The van der Waals surface area contributed by atoms with Gasteiger partial charge in [0.05, 0.1) is 20.2 Å². The van der Waals surface area contributed by atoms with Crippen molar-refractivity contribution in [2.45, 2.75) is 45.1 Å². The number of halogens is 1. The predicted octanol–water partition coefficient (Wildman–Crippen LogP) is 3.29. The first kappa shape index (κ1) is 21.2. The Balaban J connectivity index is 1.96. The minimum atomic E-state index is -0.351. The summed E-state index contributed by atoms with van der Waals surface area (Å²) < 4.78 is 18.9. The Kier molecular flexibility index (Phi) is 7.15. The number of Topliss-reactive ketones (excluding diaryl/α,β-unsaturated/α-hetero) is 2. The van der Waals surface area contributed by atoms with Crippen molar-refractivity contribution in [2.75, 3.05) is 20.2 Å². The zero-order chi connectivity index (χ0) is 20.8. The molecule has 4 nitrogen and oxygen atoms in total. The first-order valence-corrected chi connectivity index (χ1v) is 10.3. The zero-order valence-corrected chi connectivity index (χ0v) is 17.2. The van der Waals surface area contributed by atoms with Crippen LogP contribution in [0, 0.1) is 5.82 Å². The molecule has 0 spiro atoms. The number of benzene rings is 2. The third kappa shape index (κ3) is 5.30. The fourth-order valence-corrected chi connectivity index (χ4v) is 4.15. The van der Waals surface area contributed by atoms with E-state index in [-0.39, 0.29) is 23.4 Å². The number of hydrogen-bond donors (Lipinski definition) is 1. The molecule has 1 fully saturated rings. The normalized spacial score (nSPS) is 16.1. The molecule has 1 heterocycles. The molecule has 3 rings (SSSR count). The second kappa shape index (κ2) is 9.79. The summed E-state index contributed by atoms with van der Waals surface area (Å²) in [5.41, 5.74) is 1.99. The van der Waals surface area contributed by atoms with Gasteiger partial charge in [0.1, 0.15) is 11.6 Å². The van der Waals surface area contributed by atoms with Gasteiger partial charge in [0.2, 0.25) is 5.78 Å². The summed E-state index contributed by atoms with van der Waals surface area (Å²) in [6.07, 6.45) is 5.03. The van der Waals surface area contributed by atoms with Gasteiger partial charge < -0.3 is 9.64 Å². The van der Waals surface area contributed by atoms with Crippen molar-refractivity contribution >= 4 is 11.6 Å². The van der Waals surface area contributed by atoms with Crippen LogP contribution in [0.15, 0.2) is 42.5 Å². The predicted molar refractivity (Wildman–Crippen MR) is 110 cm³/mol. The van der Waals surface area contributed by atoms with Gasteiger partial charge >= 0.3 is 0 Å². The van der Waals surface area contributed by atoms with Gasteiger partial charge in [-0.15, -0.1) is 0 Å². The largest absolute Gasteiger partial charge is 0.496 e. The number of nitrogens with one attached hydrogen (secondary N) is 1. The molecule has 0 radical (unpaired) electrons. The highest BCUT2D eigenvalue weighted by Crippen LogP contribution is 2.22. The second-order valence-electron chi connectivity index (χ2n) is 7.78. The van der Waals surface area contributed by atoms with Crippen molar-refractivity contribution in [3.63, 3.8) is 0 Å². The van der Waals surface area contributed by atoms with Gasteiger partial charge in [0.15, 0.2) is 11.8 Å². The van der Waals surface area contributed by atoms with Crippen LogP contribution in [-0.2, 0) is 6.42 Å². The smallest absolute Gasteiger partial charge is 0.220 e. The monoisotopic (exact) mass is 398 g/mol. The van der Waals surface area contributed by atoms with E-state index in [1.807, 2.05) is 6.07 Å². The highest BCUT2D eigenvalue weighted by atomic mass is 19.1. The van der Waals surface area contributed by atoms with Gasteiger partial charge in [-0.05, 0) is 75.1 Å². The van der Waals surface area contributed by atoms with E-state index in [9.17, 15) is 14.0 Å². The highest BCUT2D eigenvalue weighted by molar-refractivity contribution is 5.99. The summed E-state index contributed by atoms with van der Waals surface area (Å²) in [6, 6.07) is 10.9. The SMILES string of the molecule is COc1ccc(C(C)=O)cc1C[C@@H](C(=O)c1ccc(F)cc1)[NH+]1CCCCCC1. The minimum Gasteiger partial charge on any atom is -0.496 e. The molecule has 0 amide bonds. The van der Waals surface area contributed by atoms with E-state index in [1.165, 1.54) is 36.8 Å². The molecule has 0 saturated carbocycles. The van der Waals surface area contributed by atoms with Crippen molar-refractivity contribution < 1.29 is 23.6 Å². The number of ketones is 2. The van der Waals surface area contributed by atoms with Crippen molar-refractivity contribution in [3.8, 4) is 5.75 Å². The summed E-state index contributed by atoms with van der Waals surface area (Å²) in [6.45, 7) is 3.41. The average Bonchev–Trinajstić information content (AvgIpc) is 3.01. The molecule has 29 heavy (non-hydrogen) atoms. The van der Waals surface area contributed by atoms with Crippen LogP contribution in [0.3, 0.4) is 0 Å². The molecule has 5 heteroatoms. The summed E-state index contributed by atoms with van der Waals surface area (Å²) in [4.78, 5) is 26.6. The maximum Gasteiger partial charge on any atom is 0.220 e. The maximum atomic E-state index is 13.4. The van der Waals surface area contributed by atoms with Crippen LogP contribution < -0.4 is 9.64 Å². The van der Waals surface area contributed by atoms with E-state index in [4.69, 9.17) is 4.74 Å². The molecule has 1 saturated heterocycles. The zero-order valence-electron chi connectivity index (χ0n) is 17.2. The first-order chi connectivity index (χ1) is 14.0. The number of carbonyl (C=O) groups is 2. The van der Waals surface area contributed by atoms with E-state index in [2.05, 4.69) is 0 Å². The molecule has 1 aliphatic rings. The summed E-state index contributed by atoms with van der Waals surface area (Å²) in [7, 11) is 1.60. The highest BCUT2D eigenvalue weighted by Gasteiger charge is 2.32. The molecular formula is C24H29FNO3+.